The molecule has 1 unspecified atom stereocenters. The van der Waals surface area contributed by atoms with Gasteiger partial charge in [-0.3, -0.25) is 48.1 Å². The summed E-state index contributed by atoms with van der Waals surface area (Å²) in [6.45, 7) is 5.81. The maximum atomic E-state index is 12.9. The van der Waals surface area contributed by atoms with Crippen LogP contribution in [0.25, 0.3) is 0 Å². The third kappa shape index (κ3) is 33.9. The van der Waals surface area contributed by atoms with Crippen LogP contribution in [-0.2, 0) is 92.2 Å². The molecule has 0 saturated carbocycles. The third-order valence-electron chi connectivity index (χ3n) is 10.3. The molecule has 0 spiro atoms. The number of unbranched alkanes of at least 4 members (excludes halogenated alkanes) is 2. The number of rotatable bonds is 46. The molecular formula is C48H78N8O18. The van der Waals surface area contributed by atoms with E-state index in [2.05, 4.69) is 37.2 Å². The van der Waals surface area contributed by atoms with Crippen molar-refractivity contribution in [2.45, 2.75) is 51.5 Å². The summed E-state index contributed by atoms with van der Waals surface area (Å²) in [5.41, 5.74) is 0.733. The zero-order valence-electron chi connectivity index (χ0n) is 42.8. The van der Waals surface area contributed by atoms with Gasteiger partial charge in [0.25, 0.3) is 0 Å². The summed E-state index contributed by atoms with van der Waals surface area (Å²) in [5.74, 6) is -4.00. The van der Waals surface area contributed by atoms with Crippen LogP contribution in [0.1, 0.15) is 44.6 Å². The van der Waals surface area contributed by atoms with E-state index in [0.717, 1.165) is 12.0 Å². The highest BCUT2D eigenvalue weighted by Gasteiger charge is 2.34. The van der Waals surface area contributed by atoms with Crippen LogP contribution in [-0.4, -0.2) is 223 Å². The SMILES string of the molecule is CNC(=O)COCNC(=O)CNC(=O)[C@H](Cc1ccccc1)NC(=O)CNC(=O)CNC(=O)COCCOCCOCCOCCOCCOCCOCCOCCNC(=O)CCCCCN1C(=O)CC(C)C1=O. The Hall–Kier alpha value is -5.71. The Morgan fingerprint density at radius 1 is 0.541 bits per heavy atom. The number of amides is 9. The van der Waals surface area contributed by atoms with Crippen molar-refractivity contribution in [3.8, 4) is 0 Å². The van der Waals surface area contributed by atoms with Gasteiger partial charge in [-0.15, -0.1) is 0 Å². The molecule has 418 valence electrons. The van der Waals surface area contributed by atoms with Crippen LogP contribution in [0.2, 0.25) is 0 Å². The smallest absolute Gasteiger partial charge is 0.246 e. The number of hydrogen-bond donors (Lipinski definition) is 7. The van der Waals surface area contributed by atoms with E-state index in [0.29, 0.717) is 118 Å². The number of likely N-dealkylation sites (N-methyl/N-ethyl adjacent to an activating group) is 1. The summed E-state index contributed by atoms with van der Waals surface area (Å²) in [6, 6.07) is 7.77. The number of nitrogens with zero attached hydrogens (tertiary/aromatic N) is 1. The fourth-order valence-corrected chi connectivity index (χ4v) is 6.35. The van der Waals surface area contributed by atoms with Crippen molar-refractivity contribution in [1.29, 1.82) is 0 Å². The monoisotopic (exact) mass is 1050 g/mol. The molecule has 1 aliphatic rings. The summed E-state index contributed by atoms with van der Waals surface area (Å²) in [4.78, 5) is 110. The molecule has 0 aliphatic carbocycles. The van der Waals surface area contributed by atoms with E-state index in [4.69, 9.17) is 42.6 Å². The first kappa shape index (κ1) is 64.4. The fourth-order valence-electron chi connectivity index (χ4n) is 6.35. The minimum Gasteiger partial charge on any atom is -0.377 e. The first-order chi connectivity index (χ1) is 35.9. The highest BCUT2D eigenvalue weighted by atomic mass is 16.6. The molecule has 0 radical (unpaired) electrons. The van der Waals surface area contributed by atoms with E-state index in [-0.39, 0.29) is 75.5 Å². The standard InChI is InChI=1S/C48H78N8O18/c1-37-29-46(63)56(48(37)65)13-8-4-7-11-40(57)50-12-14-66-15-16-67-17-18-68-19-20-69-21-22-70-23-24-71-25-26-72-27-28-73-35-45(62)52-31-41(58)51-33-43(60)55-39(30-38-9-5-3-6-10-38)47(64)53-32-42(59)54-36-74-34-44(61)49-2/h3,5-6,9-10,37,39H,4,7-8,11-36H2,1-2H3,(H,49,61)(H,50,57)(H,51,58)(H,52,62)(H,53,64)(H,54,59)(H,55,60)/t37?,39-/m0/s1. The van der Waals surface area contributed by atoms with Crippen molar-refractivity contribution >= 4 is 53.2 Å². The molecule has 1 aromatic carbocycles. The van der Waals surface area contributed by atoms with E-state index in [1.807, 2.05) is 0 Å². The van der Waals surface area contributed by atoms with Crippen molar-refractivity contribution in [3.05, 3.63) is 35.9 Å². The van der Waals surface area contributed by atoms with E-state index in [9.17, 15) is 43.2 Å². The molecule has 1 aromatic rings. The highest BCUT2D eigenvalue weighted by molar-refractivity contribution is 6.03. The van der Waals surface area contributed by atoms with Crippen molar-refractivity contribution in [2.24, 2.45) is 5.92 Å². The Morgan fingerprint density at radius 3 is 1.59 bits per heavy atom. The minimum absolute atomic E-state index is 0.0561. The largest absolute Gasteiger partial charge is 0.377 e. The van der Waals surface area contributed by atoms with Gasteiger partial charge in [0.15, 0.2) is 0 Å². The number of benzene rings is 1. The predicted octanol–water partition coefficient (Wildman–Crippen LogP) is -2.90. The normalized spacial score (nSPS) is 13.5. The van der Waals surface area contributed by atoms with E-state index >= 15 is 0 Å². The first-order valence-corrected chi connectivity index (χ1v) is 24.8. The second-order valence-electron chi connectivity index (χ2n) is 16.3. The van der Waals surface area contributed by atoms with E-state index in [1.165, 1.54) is 11.9 Å². The molecule has 1 heterocycles. The van der Waals surface area contributed by atoms with Crippen LogP contribution in [0.15, 0.2) is 30.3 Å². The number of ether oxygens (including phenoxy) is 9. The average Bonchev–Trinajstić information content (AvgIpc) is 3.64. The summed E-state index contributed by atoms with van der Waals surface area (Å²) in [7, 11) is 1.44. The van der Waals surface area contributed by atoms with Crippen molar-refractivity contribution in [3.63, 3.8) is 0 Å². The summed E-state index contributed by atoms with van der Waals surface area (Å²) < 4.78 is 48.5. The van der Waals surface area contributed by atoms with Gasteiger partial charge < -0.3 is 79.8 Å². The van der Waals surface area contributed by atoms with Gasteiger partial charge in [0, 0.05) is 45.3 Å². The number of imide groups is 1. The molecule has 1 aliphatic heterocycles. The second-order valence-corrected chi connectivity index (χ2v) is 16.3. The molecule has 2 atom stereocenters. The van der Waals surface area contributed by atoms with Crippen molar-refractivity contribution in [2.75, 3.05) is 159 Å². The van der Waals surface area contributed by atoms with Crippen LogP contribution >= 0.6 is 0 Å². The average molecular weight is 1060 g/mol. The summed E-state index contributed by atoms with van der Waals surface area (Å²) >= 11 is 0. The lowest BCUT2D eigenvalue weighted by molar-refractivity contribution is -0.139. The molecule has 26 heteroatoms. The van der Waals surface area contributed by atoms with Gasteiger partial charge in [-0.1, -0.05) is 43.7 Å². The Labute approximate surface area is 432 Å². The Kier molecular flexibility index (Phi) is 37.1. The summed E-state index contributed by atoms with van der Waals surface area (Å²) in [6.07, 6.45) is 2.92. The number of likely N-dealkylation sites (tertiary alicyclic amines) is 1. The van der Waals surface area contributed by atoms with Gasteiger partial charge in [0.2, 0.25) is 53.2 Å². The highest BCUT2D eigenvalue weighted by Crippen LogP contribution is 2.19. The Balaban J connectivity index is 1.32. The lowest BCUT2D eigenvalue weighted by atomic mass is 10.1. The molecule has 74 heavy (non-hydrogen) atoms. The van der Waals surface area contributed by atoms with Crippen LogP contribution in [0.3, 0.4) is 0 Å². The molecule has 1 saturated heterocycles. The molecule has 1 fully saturated rings. The zero-order valence-corrected chi connectivity index (χ0v) is 42.8. The van der Waals surface area contributed by atoms with Gasteiger partial charge in [0.1, 0.15) is 26.0 Å². The predicted molar refractivity (Wildman–Crippen MR) is 263 cm³/mol. The van der Waals surface area contributed by atoms with Crippen molar-refractivity contribution in [1.82, 2.24) is 42.1 Å². The summed E-state index contributed by atoms with van der Waals surface area (Å²) in [5, 5.41) is 17.3. The quantitative estimate of drug-likeness (QED) is 0.0196. The lowest BCUT2D eigenvalue weighted by Gasteiger charge is -2.19. The molecule has 0 aromatic heterocycles. The lowest BCUT2D eigenvalue weighted by Crippen LogP contribution is -2.52. The number of hydrogen-bond acceptors (Lipinski definition) is 18. The van der Waals surface area contributed by atoms with Gasteiger partial charge in [-0.05, 0) is 18.4 Å². The van der Waals surface area contributed by atoms with Gasteiger partial charge in [-0.2, -0.15) is 0 Å². The second kappa shape index (κ2) is 42.6. The van der Waals surface area contributed by atoms with Crippen molar-refractivity contribution < 1.29 is 85.8 Å². The molecule has 9 amide bonds. The maximum Gasteiger partial charge on any atom is 0.246 e. The van der Waals surface area contributed by atoms with Gasteiger partial charge >= 0.3 is 0 Å². The first-order valence-electron chi connectivity index (χ1n) is 24.8. The molecule has 26 nitrogen and oxygen atoms in total. The van der Waals surface area contributed by atoms with E-state index in [1.54, 1.807) is 37.3 Å². The Morgan fingerprint density at radius 2 is 1.04 bits per heavy atom. The zero-order chi connectivity index (χ0) is 53.9. The molecular weight excluding hydrogens is 977 g/mol. The number of nitrogens with one attached hydrogen (secondary N) is 7. The molecule has 0 bridgehead atoms. The third-order valence-corrected chi connectivity index (χ3v) is 10.3. The topological polar surface area (TPSA) is 324 Å². The Bertz CT molecular complexity index is 1800. The molecule has 2 rings (SSSR count). The van der Waals surface area contributed by atoms with Crippen LogP contribution in [0, 0.1) is 5.92 Å². The molecule has 7 N–H and O–H groups in total. The maximum absolute atomic E-state index is 12.9. The van der Waals surface area contributed by atoms with Gasteiger partial charge in [-0.25, -0.2) is 0 Å². The van der Waals surface area contributed by atoms with E-state index < -0.39 is 55.2 Å². The van der Waals surface area contributed by atoms with Gasteiger partial charge in [0.05, 0.1) is 119 Å². The fraction of sp³-hybridized carbons (Fsp3) is 0.688. The number of carbonyl (C=O) groups excluding carboxylic acids is 9. The minimum atomic E-state index is -1.08. The van der Waals surface area contributed by atoms with Crippen LogP contribution in [0.5, 0.6) is 0 Å². The van der Waals surface area contributed by atoms with Crippen LogP contribution in [0.4, 0.5) is 0 Å². The number of carbonyl (C=O) groups is 9. The van der Waals surface area contributed by atoms with Crippen LogP contribution < -0.4 is 37.2 Å².